The standard InChI is InChI=1S/C21H18O8/c1-12(20(23)25-2)28-15-8-9-16-17(10-15)27-11-18(19(16)22)29-14-6-4-13(5-7-14)21(24)26-3/h4-12H,1-3H3. The Labute approximate surface area is 165 Å². The number of carbonyl (C=O) groups is 2. The highest BCUT2D eigenvalue weighted by molar-refractivity contribution is 5.89. The smallest absolute Gasteiger partial charge is 0.346 e. The fourth-order valence-corrected chi connectivity index (χ4v) is 2.56. The van der Waals surface area contributed by atoms with Crippen molar-refractivity contribution in [3.8, 4) is 17.2 Å². The Hall–Kier alpha value is -3.81. The molecule has 0 fully saturated rings. The minimum Gasteiger partial charge on any atom is -0.479 e. The number of rotatable bonds is 6. The van der Waals surface area contributed by atoms with Crippen molar-refractivity contribution in [1.29, 1.82) is 0 Å². The zero-order valence-corrected chi connectivity index (χ0v) is 16.0. The van der Waals surface area contributed by atoms with Crippen LogP contribution in [-0.2, 0) is 14.3 Å². The van der Waals surface area contributed by atoms with Crippen LogP contribution in [0.1, 0.15) is 17.3 Å². The van der Waals surface area contributed by atoms with Gasteiger partial charge in [-0.05, 0) is 43.3 Å². The minimum absolute atomic E-state index is 0.0140. The van der Waals surface area contributed by atoms with E-state index in [1.807, 2.05) is 0 Å². The molecule has 0 bridgehead atoms. The molecule has 1 aromatic heterocycles. The average Bonchev–Trinajstić information content (AvgIpc) is 2.75. The van der Waals surface area contributed by atoms with Gasteiger partial charge in [-0.3, -0.25) is 4.79 Å². The first-order valence-electron chi connectivity index (χ1n) is 8.59. The lowest BCUT2D eigenvalue weighted by Crippen LogP contribution is -2.24. The first kappa shape index (κ1) is 19.9. The second-order valence-corrected chi connectivity index (χ2v) is 5.99. The summed E-state index contributed by atoms with van der Waals surface area (Å²) in [5.41, 5.74) is 0.257. The van der Waals surface area contributed by atoms with E-state index in [0.29, 0.717) is 17.1 Å². The van der Waals surface area contributed by atoms with Crippen LogP contribution < -0.4 is 14.9 Å². The quantitative estimate of drug-likeness (QED) is 0.583. The Morgan fingerprint density at radius 1 is 0.966 bits per heavy atom. The molecular formula is C21H18O8. The molecule has 150 valence electrons. The third-order valence-corrected chi connectivity index (χ3v) is 4.06. The summed E-state index contributed by atoms with van der Waals surface area (Å²) in [5, 5.41) is 0.284. The van der Waals surface area contributed by atoms with Crippen molar-refractivity contribution in [2.45, 2.75) is 13.0 Å². The Morgan fingerprint density at radius 3 is 2.31 bits per heavy atom. The summed E-state index contributed by atoms with van der Waals surface area (Å²) < 4.78 is 25.8. The van der Waals surface area contributed by atoms with Gasteiger partial charge in [-0.2, -0.15) is 0 Å². The topological polar surface area (TPSA) is 101 Å². The van der Waals surface area contributed by atoms with Gasteiger partial charge in [0.1, 0.15) is 23.3 Å². The highest BCUT2D eigenvalue weighted by Gasteiger charge is 2.16. The average molecular weight is 398 g/mol. The van der Waals surface area contributed by atoms with Crippen LogP contribution in [0.15, 0.2) is 57.9 Å². The minimum atomic E-state index is -0.806. The maximum absolute atomic E-state index is 12.7. The predicted molar refractivity (Wildman–Crippen MR) is 102 cm³/mol. The highest BCUT2D eigenvalue weighted by Crippen LogP contribution is 2.25. The van der Waals surface area contributed by atoms with Crippen molar-refractivity contribution < 1.29 is 33.0 Å². The lowest BCUT2D eigenvalue weighted by atomic mass is 10.2. The maximum atomic E-state index is 12.7. The maximum Gasteiger partial charge on any atom is 0.346 e. The van der Waals surface area contributed by atoms with Crippen LogP contribution in [0.5, 0.6) is 17.2 Å². The molecule has 1 heterocycles. The molecule has 0 N–H and O–H groups in total. The van der Waals surface area contributed by atoms with Crippen molar-refractivity contribution in [3.63, 3.8) is 0 Å². The van der Waals surface area contributed by atoms with Gasteiger partial charge >= 0.3 is 11.9 Å². The van der Waals surface area contributed by atoms with E-state index in [4.69, 9.17) is 13.9 Å². The zero-order valence-electron chi connectivity index (χ0n) is 16.0. The Morgan fingerprint density at radius 2 is 1.66 bits per heavy atom. The van der Waals surface area contributed by atoms with Gasteiger partial charge in [0, 0.05) is 6.07 Å². The Bertz CT molecular complexity index is 1100. The van der Waals surface area contributed by atoms with Gasteiger partial charge in [-0.1, -0.05) is 0 Å². The summed E-state index contributed by atoms with van der Waals surface area (Å²) in [6.45, 7) is 1.55. The van der Waals surface area contributed by atoms with Crippen molar-refractivity contribution >= 4 is 22.9 Å². The molecule has 1 unspecified atom stereocenters. The summed E-state index contributed by atoms with van der Waals surface area (Å²) in [6.07, 6.45) is 0.381. The molecule has 29 heavy (non-hydrogen) atoms. The summed E-state index contributed by atoms with van der Waals surface area (Å²) >= 11 is 0. The number of esters is 2. The van der Waals surface area contributed by atoms with Gasteiger partial charge in [0.2, 0.25) is 11.2 Å². The number of methoxy groups -OCH3 is 2. The molecule has 0 aliphatic carbocycles. The van der Waals surface area contributed by atoms with E-state index in [9.17, 15) is 14.4 Å². The molecule has 0 aliphatic heterocycles. The van der Waals surface area contributed by atoms with Crippen molar-refractivity contribution in [2.75, 3.05) is 14.2 Å². The van der Waals surface area contributed by atoms with E-state index < -0.39 is 18.0 Å². The van der Waals surface area contributed by atoms with E-state index in [-0.39, 0.29) is 22.1 Å². The van der Waals surface area contributed by atoms with Crippen molar-refractivity contribution in [1.82, 2.24) is 0 Å². The molecule has 0 aliphatic rings. The zero-order chi connectivity index (χ0) is 21.0. The number of fused-ring (bicyclic) bond motifs is 1. The van der Waals surface area contributed by atoms with Crippen LogP contribution in [0, 0.1) is 0 Å². The molecule has 2 aromatic carbocycles. The van der Waals surface area contributed by atoms with Crippen LogP contribution in [-0.4, -0.2) is 32.3 Å². The summed E-state index contributed by atoms with van der Waals surface area (Å²) in [5.74, 6) is -0.295. The molecule has 0 saturated heterocycles. The molecule has 0 amide bonds. The molecule has 0 saturated carbocycles. The third-order valence-electron chi connectivity index (χ3n) is 4.06. The van der Waals surface area contributed by atoms with E-state index >= 15 is 0 Å². The molecule has 1 atom stereocenters. The first-order chi connectivity index (χ1) is 13.9. The van der Waals surface area contributed by atoms with Gasteiger partial charge in [-0.25, -0.2) is 9.59 Å². The number of carbonyl (C=O) groups excluding carboxylic acids is 2. The van der Waals surface area contributed by atoms with Gasteiger partial charge in [0.05, 0.1) is 25.2 Å². The van der Waals surface area contributed by atoms with Gasteiger partial charge in [0.15, 0.2) is 6.10 Å². The normalized spacial score (nSPS) is 11.6. The lowest BCUT2D eigenvalue weighted by molar-refractivity contribution is -0.147. The Balaban J connectivity index is 1.83. The van der Waals surface area contributed by atoms with Crippen LogP contribution >= 0.6 is 0 Å². The first-order valence-corrected chi connectivity index (χ1v) is 8.59. The third kappa shape index (κ3) is 4.37. The lowest BCUT2D eigenvalue weighted by Gasteiger charge is -2.12. The molecule has 0 radical (unpaired) electrons. The second kappa shape index (κ2) is 8.47. The largest absolute Gasteiger partial charge is 0.479 e. The van der Waals surface area contributed by atoms with E-state index in [0.717, 1.165) is 0 Å². The predicted octanol–water partition coefficient (Wildman–Crippen LogP) is 3.31. The van der Waals surface area contributed by atoms with Crippen molar-refractivity contribution in [2.24, 2.45) is 0 Å². The molecule has 0 spiro atoms. The molecular weight excluding hydrogens is 380 g/mol. The van der Waals surface area contributed by atoms with Gasteiger partial charge in [0.25, 0.3) is 0 Å². The van der Waals surface area contributed by atoms with Crippen LogP contribution in [0.25, 0.3) is 11.0 Å². The number of hydrogen-bond acceptors (Lipinski definition) is 8. The van der Waals surface area contributed by atoms with Crippen LogP contribution in [0.2, 0.25) is 0 Å². The van der Waals surface area contributed by atoms with E-state index in [1.54, 1.807) is 25.1 Å². The molecule has 8 nitrogen and oxygen atoms in total. The van der Waals surface area contributed by atoms with Crippen LogP contribution in [0.3, 0.4) is 0 Å². The monoisotopic (exact) mass is 398 g/mol. The molecule has 8 heteroatoms. The Kier molecular flexibility index (Phi) is 5.82. The summed E-state index contributed by atoms with van der Waals surface area (Å²) in [7, 11) is 2.56. The van der Waals surface area contributed by atoms with Gasteiger partial charge in [-0.15, -0.1) is 0 Å². The highest BCUT2D eigenvalue weighted by atomic mass is 16.6. The summed E-state index contributed by atoms with van der Waals surface area (Å²) in [6, 6.07) is 10.7. The molecule has 3 aromatic rings. The van der Waals surface area contributed by atoms with E-state index in [1.165, 1.54) is 44.7 Å². The van der Waals surface area contributed by atoms with Crippen molar-refractivity contribution in [3.05, 3.63) is 64.5 Å². The second-order valence-electron chi connectivity index (χ2n) is 5.99. The SMILES string of the molecule is COC(=O)c1ccc(Oc2coc3cc(OC(C)C(=O)OC)ccc3c2=O)cc1. The molecule has 3 rings (SSSR count). The fraction of sp³-hybridized carbons (Fsp3) is 0.190. The number of hydrogen-bond donors (Lipinski definition) is 0. The summed E-state index contributed by atoms with van der Waals surface area (Å²) in [4.78, 5) is 35.6. The van der Waals surface area contributed by atoms with Gasteiger partial charge < -0.3 is 23.4 Å². The number of ether oxygens (including phenoxy) is 4. The van der Waals surface area contributed by atoms with Crippen LogP contribution in [0.4, 0.5) is 0 Å². The fourth-order valence-electron chi connectivity index (χ4n) is 2.56. The van der Waals surface area contributed by atoms with E-state index in [2.05, 4.69) is 9.47 Å². The number of benzene rings is 2.